The molecule has 2 aliphatic heterocycles. The molecular weight excluding hydrogens is 399 g/mol. The second-order valence-corrected chi connectivity index (χ2v) is 9.46. The molecule has 0 amide bonds. The Morgan fingerprint density at radius 3 is 2.48 bits per heavy atom. The van der Waals surface area contributed by atoms with E-state index in [1.165, 1.54) is 0 Å². The molecule has 0 aromatic carbocycles. The second-order valence-electron chi connectivity index (χ2n) is 8.05. The SMILES string of the molecule is [B][C@H]1CC(OC(C)C)[C@@H](COP(=O)(O)OC2C[C@H]([B])O[C@]2(CN)COC(C)C)O1. The van der Waals surface area contributed by atoms with Crippen LogP contribution in [0.3, 0.4) is 0 Å². The van der Waals surface area contributed by atoms with Crippen molar-refractivity contribution >= 4 is 23.5 Å². The average Bonchev–Trinajstić information content (AvgIpc) is 3.09. The molecule has 2 fully saturated rings. The number of hydrogen-bond acceptors (Lipinski definition) is 8. The molecule has 0 saturated carbocycles. The van der Waals surface area contributed by atoms with Gasteiger partial charge in [-0.1, -0.05) is 0 Å². The molecule has 2 rings (SSSR count). The smallest absolute Gasteiger partial charge is 0.380 e. The third-order valence-electron chi connectivity index (χ3n) is 4.76. The van der Waals surface area contributed by atoms with E-state index in [2.05, 4.69) is 0 Å². The van der Waals surface area contributed by atoms with Gasteiger partial charge in [0, 0.05) is 18.6 Å². The molecule has 29 heavy (non-hydrogen) atoms. The highest BCUT2D eigenvalue weighted by molar-refractivity contribution is 7.47. The lowest BCUT2D eigenvalue weighted by molar-refractivity contribution is -0.118. The molecule has 0 aromatic heterocycles. The predicted molar refractivity (Wildman–Crippen MR) is 108 cm³/mol. The fourth-order valence-corrected chi connectivity index (χ4v) is 4.41. The first-order valence-electron chi connectivity index (χ1n) is 9.93. The highest BCUT2D eigenvalue weighted by Crippen LogP contribution is 2.49. The number of rotatable bonds is 11. The largest absolute Gasteiger partial charge is 0.472 e. The van der Waals surface area contributed by atoms with Crippen molar-refractivity contribution < 1.29 is 37.5 Å². The highest BCUT2D eigenvalue weighted by atomic mass is 31.2. The third kappa shape index (κ3) is 7.30. The van der Waals surface area contributed by atoms with Crippen LogP contribution in [0.4, 0.5) is 0 Å². The van der Waals surface area contributed by atoms with Gasteiger partial charge in [0.05, 0.1) is 31.5 Å². The van der Waals surface area contributed by atoms with Crippen molar-refractivity contribution in [1.29, 1.82) is 0 Å². The van der Waals surface area contributed by atoms with Gasteiger partial charge >= 0.3 is 7.82 Å². The van der Waals surface area contributed by atoms with Gasteiger partial charge in [-0.15, -0.1) is 0 Å². The van der Waals surface area contributed by atoms with Crippen LogP contribution in [0.25, 0.3) is 0 Å². The van der Waals surface area contributed by atoms with Crippen molar-refractivity contribution in [2.45, 2.75) is 88.7 Å². The summed E-state index contributed by atoms with van der Waals surface area (Å²) < 4.78 is 45.8. The van der Waals surface area contributed by atoms with E-state index in [-0.39, 0.29) is 44.5 Å². The summed E-state index contributed by atoms with van der Waals surface area (Å²) in [6.45, 7) is 7.35. The van der Waals surface area contributed by atoms with Crippen LogP contribution >= 0.6 is 7.82 Å². The number of ether oxygens (including phenoxy) is 4. The Kier molecular flexibility index (Phi) is 9.22. The van der Waals surface area contributed by atoms with Crippen LogP contribution in [-0.2, 0) is 32.6 Å². The third-order valence-corrected chi connectivity index (χ3v) is 5.76. The predicted octanol–water partition coefficient (Wildman–Crippen LogP) is 0.603. The first kappa shape index (κ1) is 25.3. The fourth-order valence-electron chi connectivity index (χ4n) is 3.41. The van der Waals surface area contributed by atoms with Gasteiger partial charge in [0.1, 0.15) is 33.5 Å². The molecule has 2 aliphatic rings. The minimum atomic E-state index is -4.46. The lowest BCUT2D eigenvalue weighted by Gasteiger charge is -2.34. The number of phosphoric acid groups is 1. The van der Waals surface area contributed by atoms with Crippen molar-refractivity contribution in [1.82, 2.24) is 0 Å². The molecule has 0 aromatic rings. The Morgan fingerprint density at radius 1 is 1.21 bits per heavy atom. The molecule has 2 heterocycles. The minimum absolute atomic E-state index is 0.00296. The summed E-state index contributed by atoms with van der Waals surface area (Å²) in [5.41, 5.74) is 4.74. The molecular formula is C17H32B2NO8P. The van der Waals surface area contributed by atoms with E-state index >= 15 is 0 Å². The van der Waals surface area contributed by atoms with Gasteiger partial charge < -0.3 is 29.6 Å². The molecule has 3 N–H and O–H groups in total. The molecule has 0 spiro atoms. The van der Waals surface area contributed by atoms with Crippen LogP contribution in [0.2, 0.25) is 0 Å². The summed E-state index contributed by atoms with van der Waals surface area (Å²) in [5.74, 6) is 0. The lowest BCUT2D eigenvalue weighted by atomic mass is 9.92. The van der Waals surface area contributed by atoms with Crippen LogP contribution in [0, 0.1) is 0 Å². The molecule has 12 heteroatoms. The van der Waals surface area contributed by atoms with E-state index in [0.29, 0.717) is 6.42 Å². The molecule has 7 atom stereocenters. The van der Waals surface area contributed by atoms with Crippen LogP contribution in [-0.4, -0.2) is 88.5 Å². The zero-order valence-corrected chi connectivity index (χ0v) is 18.5. The summed E-state index contributed by atoms with van der Waals surface area (Å²) in [6, 6.07) is -1.22. The molecule has 3 unspecified atom stereocenters. The molecule has 164 valence electrons. The molecule has 2 saturated heterocycles. The van der Waals surface area contributed by atoms with Crippen molar-refractivity contribution in [2.75, 3.05) is 19.8 Å². The molecule has 0 aliphatic carbocycles. The average molecular weight is 431 g/mol. The number of nitrogens with two attached hydrogens (primary N) is 1. The maximum atomic E-state index is 12.6. The standard InChI is InChI=1S/C17H32B2NO8P/c1-10(2)23-9-17(8-20)14(6-16(19)27-17)28-29(21,22)24-7-13-12(25-11(3)4)5-15(18)26-13/h10-16H,5-9,20H2,1-4H3,(H,21,22)/t12?,13-,14?,15-,16-,17-/m1/s1. The Bertz CT molecular complexity index is 572. The van der Waals surface area contributed by atoms with Crippen LogP contribution in [0.15, 0.2) is 0 Å². The van der Waals surface area contributed by atoms with Gasteiger partial charge in [-0.2, -0.15) is 0 Å². The van der Waals surface area contributed by atoms with E-state index in [1.54, 1.807) is 0 Å². The van der Waals surface area contributed by atoms with E-state index in [0.717, 1.165) is 0 Å². The Hall–Kier alpha value is 0.0399. The van der Waals surface area contributed by atoms with Crippen molar-refractivity contribution in [3.8, 4) is 0 Å². The maximum absolute atomic E-state index is 12.6. The van der Waals surface area contributed by atoms with E-state index in [1.807, 2.05) is 27.7 Å². The molecule has 0 bridgehead atoms. The lowest BCUT2D eigenvalue weighted by Crippen LogP contribution is -2.51. The number of hydrogen-bond donors (Lipinski definition) is 2. The Labute approximate surface area is 175 Å². The topological polar surface area (TPSA) is 119 Å². The Morgan fingerprint density at radius 2 is 1.90 bits per heavy atom. The summed E-state index contributed by atoms with van der Waals surface area (Å²) in [6.07, 6.45) is -1.27. The van der Waals surface area contributed by atoms with Crippen molar-refractivity contribution in [2.24, 2.45) is 5.73 Å². The normalized spacial score (nSPS) is 37.4. The van der Waals surface area contributed by atoms with Gasteiger partial charge in [0.25, 0.3) is 0 Å². The van der Waals surface area contributed by atoms with Gasteiger partial charge in [0.15, 0.2) is 0 Å². The van der Waals surface area contributed by atoms with Gasteiger partial charge in [-0.3, -0.25) is 9.05 Å². The summed E-state index contributed by atoms with van der Waals surface area (Å²) >= 11 is 0. The highest BCUT2D eigenvalue weighted by Gasteiger charge is 2.50. The monoisotopic (exact) mass is 431 g/mol. The summed E-state index contributed by atoms with van der Waals surface area (Å²) in [4.78, 5) is 10.3. The zero-order chi connectivity index (χ0) is 21.8. The molecule has 4 radical (unpaired) electrons. The zero-order valence-electron chi connectivity index (χ0n) is 17.6. The summed E-state index contributed by atoms with van der Waals surface area (Å²) in [5, 5.41) is 0. The van der Waals surface area contributed by atoms with Gasteiger partial charge in [0.2, 0.25) is 0 Å². The second kappa shape index (κ2) is 10.6. The van der Waals surface area contributed by atoms with E-state index in [4.69, 9.17) is 49.4 Å². The van der Waals surface area contributed by atoms with Crippen LogP contribution < -0.4 is 5.73 Å². The van der Waals surface area contributed by atoms with Crippen molar-refractivity contribution in [3.63, 3.8) is 0 Å². The number of phosphoric ester groups is 1. The quantitative estimate of drug-likeness (QED) is 0.358. The van der Waals surface area contributed by atoms with Crippen molar-refractivity contribution in [3.05, 3.63) is 0 Å². The molecule has 9 nitrogen and oxygen atoms in total. The maximum Gasteiger partial charge on any atom is 0.472 e. The fraction of sp³-hybridized carbons (Fsp3) is 1.00. The Balaban J connectivity index is 1.98. The minimum Gasteiger partial charge on any atom is -0.380 e. The van der Waals surface area contributed by atoms with E-state index in [9.17, 15) is 9.46 Å². The van der Waals surface area contributed by atoms with Crippen LogP contribution in [0.5, 0.6) is 0 Å². The summed E-state index contributed by atoms with van der Waals surface area (Å²) in [7, 11) is 7.22. The first-order chi connectivity index (χ1) is 13.5. The van der Waals surface area contributed by atoms with Gasteiger partial charge in [-0.25, -0.2) is 4.57 Å². The van der Waals surface area contributed by atoms with Crippen LogP contribution in [0.1, 0.15) is 40.5 Å². The van der Waals surface area contributed by atoms with E-state index < -0.39 is 37.6 Å². The first-order valence-corrected chi connectivity index (χ1v) is 11.4. The van der Waals surface area contributed by atoms with Gasteiger partial charge in [-0.05, 0) is 40.5 Å².